The summed E-state index contributed by atoms with van der Waals surface area (Å²) in [6.07, 6.45) is 11.7. The molecule has 0 spiro atoms. The number of ether oxygens (including phenoxy) is 3. The Morgan fingerprint density at radius 1 is 0.725 bits per heavy atom. The number of rotatable bonds is 16. The van der Waals surface area contributed by atoms with Crippen molar-refractivity contribution >= 4 is 60.6 Å². The van der Waals surface area contributed by atoms with Crippen LogP contribution in [0.5, 0.6) is 28.7 Å². The van der Waals surface area contributed by atoms with Crippen LogP contribution in [-0.2, 0) is 0 Å². The highest BCUT2D eigenvalue weighted by molar-refractivity contribution is 6.39. The van der Waals surface area contributed by atoms with Gasteiger partial charge in [-0.15, -0.1) is 0 Å². The molecule has 5 aromatic carbocycles. The molecule has 0 fully saturated rings. The van der Waals surface area contributed by atoms with Gasteiger partial charge in [-0.2, -0.15) is 0 Å². The summed E-state index contributed by atoms with van der Waals surface area (Å²) in [5.74, 6) is -0.201. The van der Waals surface area contributed by atoms with Crippen molar-refractivity contribution in [2.75, 3.05) is 39.7 Å². The molecule has 1 unspecified atom stereocenters. The highest BCUT2D eigenvalue weighted by Crippen LogP contribution is 2.56. The molecule has 0 aliphatic heterocycles. The van der Waals surface area contributed by atoms with E-state index >= 15 is 0 Å². The number of fused-ring (bicyclic) bond motifs is 1. The Balaban J connectivity index is 1.83. The summed E-state index contributed by atoms with van der Waals surface area (Å²) < 4.78 is 17.8. The Hall–Kier alpha value is -4.79. The van der Waals surface area contributed by atoms with Gasteiger partial charge in [0.15, 0.2) is 5.75 Å². The molecule has 0 bridgehead atoms. The molecule has 51 heavy (non-hydrogen) atoms. The standard InChI is InChI=1S/C42H50N2O7/c1-8-10-12-14-16-17-43-23(4)29-22(3)19-24-30-35-31(40(47)39(24)44-18-15-13-11-9-2)25(45)20-27(49-5)33(35)34-28(50-6)21-26(46)32-37(34)36(30)38(29)42(51-7)41(32)48/h19-21,29,44-46H,8-18H2,1-7H3/b43-23+. The minimum atomic E-state index is -0.473. The van der Waals surface area contributed by atoms with Crippen LogP contribution in [0, 0.1) is 0 Å². The van der Waals surface area contributed by atoms with Crippen molar-refractivity contribution in [3.63, 3.8) is 0 Å². The van der Waals surface area contributed by atoms with Gasteiger partial charge in [-0.25, -0.2) is 0 Å². The van der Waals surface area contributed by atoms with Gasteiger partial charge in [0, 0.05) is 74.9 Å². The molecule has 1 aliphatic rings. The third-order valence-electron chi connectivity index (χ3n) is 10.6. The van der Waals surface area contributed by atoms with Gasteiger partial charge in [0.2, 0.25) is 10.9 Å². The van der Waals surface area contributed by atoms with E-state index in [4.69, 9.17) is 19.2 Å². The molecule has 1 aliphatic carbocycles. The maximum absolute atomic E-state index is 14.7. The number of hydrogen-bond acceptors (Lipinski definition) is 9. The Labute approximate surface area is 298 Å². The molecule has 0 saturated carbocycles. The summed E-state index contributed by atoms with van der Waals surface area (Å²) in [5, 5.41) is 30.1. The number of anilines is 1. The zero-order valence-electron chi connectivity index (χ0n) is 31.0. The average molecular weight is 695 g/mol. The summed E-state index contributed by atoms with van der Waals surface area (Å²) >= 11 is 0. The molecular formula is C42H50N2O7. The fourth-order valence-electron chi connectivity index (χ4n) is 8.28. The van der Waals surface area contributed by atoms with Crippen molar-refractivity contribution in [3.8, 4) is 28.7 Å². The highest BCUT2D eigenvalue weighted by atomic mass is 16.5. The number of nitrogens with one attached hydrogen (secondary N) is 1. The summed E-state index contributed by atoms with van der Waals surface area (Å²) in [4.78, 5) is 34.3. The first kappa shape index (κ1) is 36.0. The number of hydrogen-bond donors (Lipinski definition) is 3. The van der Waals surface area contributed by atoms with Crippen LogP contribution in [0.25, 0.3) is 49.2 Å². The van der Waals surface area contributed by atoms with Crippen LogP contribution < -0.4 is 30.4 Å². The molecule has 0 saturated heterocycles. The highest BCUT2D eigenvalue weighted by Gasteiger charge is 2.36. The number of phenols is 2. The summed E-state index contributed by atoms with van der Waals surface area (Å²) in [7, 11) is 4.47. The zero-order valence-corrected chi connectivity index (χ0v) is 31.0. The molecule has 0 radical (unpaired) electrons. The lowest BCUT2D eigenvalue weighted by molar-refractivity contribution is 0.406. The number of benzene rings is 5. The predicted molar refractivity (Wildman–Crippen MR) is 210 cm³/mol. The Morgan fingerprint density at radius 3 is 1.88 bits per heavy atom. The first-order chi connectivity index (χ1) is 24.7. The van der Waals surface area contributed by atoms with Gasteiger partial charge >= 0.3 is 0 Å². The van der Waals surface area contributed by atoms with E-state index in [1.54, 1.807) is 0 Å². The molecule has 270 valence electrons. The van der Waals surface area contributed by atoms with Crippen LogP contribution >= 0.6 is 0 Å². The van der Waals surface area contributed by atoms with Crippen molar-refractivity contribution in [3.05, 3.63) is 49.3 Å². The summed E-state index contributed by atoms with van der Waals surface area (Å²) in [5.41, 5.74) is 2.58. The molecule has 9 heteroatoms. The first-order valence-corrected chi connectivity index (χ1v) is 18.3. The summed E-state index contributed by atoms with van der Waals surface area (Å²) in [6, 6.07) is 2.86. The van der Waals surface area contributed by atoms with Crippen molar-refractivity contribution in [1.82, 2.24) is 0 Å². The quantitative estimate of drug-likeness (QED) is 0.0404. The van der Waals surface area contributed by atoms with E-state index in [9.17, 15) is 19.8 Å². The minimum Gasteiger partial charge on any atom is -0.507 e. The lowest BCUT2D eigenvalue weighted by Crippen LogP contribution is -2.18. The third kappa shape index (κ3) is 5.84. The normalized spacial score (nSPS) is 14.6. The molecule has 6 rings (SSSR count). The van der Waals surface area contributed by atoms with Crippen molar-refractivity contribution < 1.29 is 24.4 Å². The van der Waals surface area contributed by atoms with Crippen molar-refractivity contribution in [2.24, 2.45) is 4.99 Å². The van der Waals surface area contributed by atoms with Crippen LogP contribution in [-0.4, -0.2) is 50.3 Å². The second-order valence-corrected chi connectivity index (χ2v) is 13.8. The van der Waals surface area contributed by atoms with E-state index in [1.807, 2.05) is 19.9 Å². The molecule has 3 N–H and O–H groups in total. The third-order valence-corrected chi connectivity index (χ3v) is 10.6. The van der Waals surface area contributed by atoms with Gasteiger partial charge in [-0.3, -0.25) is 14.6 Å². The Bertz CT molecular complexity index is 2290. The van der Waals surface area contributed by atoms with Crippen LogP contribution in [0.3, 0.4) is 0 Å². The van der Waals surface area contributed by atoms with E-state index in [0.717, 1.165) is 56.2 Å². The number of methoxy groups -OCH3 is 3. The summed E-state index contributed by atoms with van der Waals surface area (Å²) in [6.45, 7) is 9.57. The van der Waals surface area contributed by atoms with E-state index < -0.39 is 11.3 Å². The molecule has 0 amide bonds. The van der Waals surface area contributed by atoms with Crippen LogP contribution in [0.15, 0.2) is 32.3 Å². The topological polar surface area (TPSA) is 127 Å². The number of unbranched alkanes of at least 4 members (excludes halogenated alkanes) is 7. The van der Waals surface area contributed by atoms with Crippen LogP contribution in [0.1, 0.15) is 103 Å². The van der Waals surface area contributed by atoms with Crippen LogP contribution in [0.4, 0.5) is 5.69 Å². The van der Waals surface area contributed by atoms with E-state index in [2.05, 4.69) is 19.2 Å². The first-order valence-electron chi connectivity index (χ1n) is 18.3. The van der Waals surface area contributed by atoms with Gasteiger partial charge in [0.25, 0.3) is 0 Å². The molecule has 0 heterocycles. The smallest absolute Gasteiger partial charge is 0.232 e. The molecule has 5 aromatic rings. The minimum absolute atomic E-state index is 0.0883. The number of allylic oxidation sites excluding steroid dienone is 1. The van der Waals surface area contributed by atoms with E-state index in [0.29, 0.717) is 73.7 Å². The maximum Gasteiger partial charge on any atom is 0.232 e. The fraction of sp³-hybridized carbons (Fsp3) is 0.452. The van der Waals surface area contributed by atoms with Crippen LogP contribution in [0.2, 0.25) is 0 Å². The number of phenolic OH excluding ortho intramolecular Hbond substituents is 2. The number of aliphatic imine (C=N–C) groups is 1. The SMILES string of the molecule is CCCCCCC/N=C(\C)C1C(C)=Cc2c(NCCCCCC)c(=O)c3c(O)cc(OC)c4c5c(OC)cc(O)c6c(=O)c(OC)c1c(c2c34)c65. The monoisotopic (exact) mass is 694 g/mol. The second-order valence-electron chi connectivity index (χ2n) is 13.8. The van der Waals surface area contributed by atoms with Gasteiger partial charge in [-0.05, 0) is 32.1 Å². The number of nitrogens with zero attached hydrogens (tertiary/aromatic N) is 1. The van der Waals surface area contributed by atoms with E-state index in [-0.39, 0.29) is 33.4 Å². The van der Waals surface area contributed by atoms with Crippen molar-refractivity contribution in [2.45, 2.75) is 91.4 Å². The average Bonchev–Trinajstić information content (AvgIpc) is 3.24. The van der Waals surface area contributed by atoms with Gasteiger partial charge < -0.3 is 29.7 Å². The molecular weight excluding hydrogens is 644 g/mol. The number of aromatic hydroxyl groups is 2. The molecule has 0 aromatic heterocycles. The Kier molecular flexibility index (Phi) is 10.5. The molecule has 1 atom stereocenters. The molecule has 9 nitrogen and oxygen atoms in total. The maximum atomic E-state index is 14.7. The largest absolute Gasteiger partial charge is 0.507 e. The lowest BCUT2D eigenvalue weighted by atomic mass is 9.80. The predicted octanol–water partition coefficient (Wildman–Crippen LogP) is 9.26. The lowest BCUT2D eigenvalue weighted by Gasteiger charge is -2.25. The zero-order chi connectivity index (χ0) is 36.6. The Morgan fingerprint density at radius 2 is 1.29 bits per heavy atom. The van der Waals surface area contributed by atoms with E-state index in [1.165, 1.54) is 46.3 Å². The fourth-order valence-corrected chi connectivity index (χ4v) is 8.28. The van der Waals surface area contributed by atoms with Gasteiger partial charge in [-0.1, -0.05) is 70.4 Å². The van der Waals surface area contributed by atoms with Gasteiger partial charge in [0.05, 0.1) is 37.8 Å². The van der Waals surface area contributed by atoms with Crippen molar-refractivity contribution in [1.29, 1.82) is 0 Å². The van der Waals surface area contributed by atoms with Gasteiger partial charge in [0.1, 0.15) is 23.0 Å². The second kappa shape index (κ2) is 14.8.